The summed E-state index contributed by atoms with van der Waals surface area (Å²) < 4.78 is 9.99. The molecule has 0 saturated carbocycles. The van der Waals surface area contributed by atoms with Crippen LogP contribution in [0.15, 0.2) is 22.8 Å². The molecule has 1 unspecified atom stereocenters. The van der Waals surface area contributed by atoms with E-state index in [1.807, 2.05) is 0 Å². The summed E-state index contributed by atoms with van der Waals surface area (Å²) in [7, 11) is 0. The number of nitrogens with one attached hydrogen (secondary N) is 2. The Morgan fingerprint density at radius 2 is 2.25 bits per heavy atom. The van der Waals surface area contributed by atoms with Gasteiger partial charge in [0.25, 0.3) is 5.91 Å². The summed E-state index contributed by atoms with van der Waals surface area (Å²) in [6, 6.07) is 2.48. The Bertz CT molecular complexity index is 405. The Balaban J connectivity index is 2.17. The monoisotopic (exact) mass is 284 g/mol. The first-order valence-electron chi connectivity index (χ1n) is 6.46. The molecule has 7 nitrogen and oxygen atoms in total. The predicted octanol–water partition coefficient (Wildman–Crippen LogP) is -0.0869. The number of aliphatic hydroxyl groups is 1. The normalized spacial score (nSPS) is 11.9. The Morgan fingerprint density at radius 3 is 2.90 bits per heavy atom. The van der Waals surface area contributed by atoms with Crippen LogP contribution in [0, 0.1) is 0 Å². The van der Waals surface area contributed by atoms with E-state index in [2.05, 4.69) is 10.6 Å². The fraction of sp³-hybridized carbons (Fsp3) is 0.538. The first-order chi connectivity index (χ1) is 9.65. The van der Waals surface area contributed by atoms with Gasteiger partial charge in [0.15, 0.2) is 5.76 Å². The molecule has 1 aromatic rings. The lowest BCUT2D eigenvalue weighted by Gasteiger charge is -2.13. The van der Waals surface area contributed by atoms with Crippen molar-refractivity contribution < 1.29 is 23.8 Å². The first-order valence-corrected chi connectivity index (χ1v) is 6.46. The molecule has 1 aromatic heterocycles. The van der Waals surface area contributed by atoms with Crippen LogP contribution in [0.4, 0.5) is 0 Å². The number of hydrogen-bond acceptors (Lipinski definition) is 5. The van der Waals surface area contributed by atoms with E-state index < -0.39 is 11.9 Å². The van der Waals surface area contributed by atoms with Crippen molar-refractivity contribution in [1.82, 2.24) is 10.6 Å². The quantitative estimate of drug-likeness (QED) is 0.550. The Kier molecular flexibility index (Phi) is 7.38. The van der Waals surface area contributed by atoms with Gasteiger partial charge >= 0.3 is 0 Å². The molecule has 1 atom stereocenters. The molecule has 2 amide bonds. The zero-order valence-electron chi connectivity index (χ0n) is 11.4. The summed E-state index contributed by atoms with van der Waals surface area (Å²) in [5.74, 6) is -0.530. The van der Waals surface area contributed by atoms with E-state index in [9.17, 15) is 9.59 Å². The molecular formula is C13H20N2O5. The summed E-state index contributed by atoms with van der Waals surface area (Å²) >= 11 is 0. The number of aliphatic hydroxyl groups excluding tert-OH is 1. The second kappa shape index (κ2) is 9.11. The van der Waals surface area contributed by atoms with Gasteiger partial charge in [0.2, 0.25) is 5.91 Å². The maximum absolute atomic E-state index is 11.7. The zero-order chi connectivity index (χ0) is 14.8. The van der Waals surface area contributed by atoms with Crippen LogP contribution in [0.5, 0.6) is 0 Å². The standard InChI is InChI=1S/C13H20N2O5/c1-10(15-13(18)11-4-2-8-20-11)12(17)14-5-3-7-19-9-6-16/h2,4,8,10,16H,3,5-7,9H2,1H3,(H,14,17)(H,15,18). The van der Waals surface area contributed by atoms with Gasteiger partial charge in [-0.3, -0.25) is 9.59 Å². The molecule has 0 aromatic carbocycles. The van der Waals surface area contributed by atoms with E-state index in [1.165, 1.54) is 12.3 Å². The number of carbonyl (C=O) groups excluding carboxylic acids is 2. The molecule has 0 spiro atoms. The van der Waals surface area contributed by atoms with Crippen molar-refractivity contribution in [3.63, 3.8) is 0 Å². The van der Waals surface area contributed by atoms with Gasteiger partial charge in [0.1, 0.15) is 6.04 Å². The number of amides is 2. The molecule has 3 N–H and O–H groups in total. The smallest absolute Gasteiger partial charge is 0.287 e. The fourth-order valence-corrected chi connectivity index (χ4v) is 1.45. The predicted molar refractivity (Wildman–Crippen MR) is 71.2 cm³/mol. The third-order valence-corrected chi connectivity index (χ3v) is 2.49. The van der Waals surface area contributed by atoms with Crippen LogP contribution in [0.1, 0.15) is 23.9 Å². The maximum Gasteiger partial charge on any atom is 0.287 e. The molecule has 0 aliphatic carbocycles. The third-order valence-electron chi connectivity index (χ3n) is 2.49. The lowest BCUT2D eigenvalue weighted by atomic mass is 10.3. The molecule has 0 fully saturated rings. The Morgan fingerprint density at radius 1 is 1.45 bits per heavy atom. The van der Waals surface area contributed by atoms with Gasteiger partial charge in [-0.05, 0) is 25.5 Å². The van der Waals surface area contributed by atoms with Crippen molar-refractivity contribution >= 4 is 11.8 Å². The van der Waals surface area contributed by atoms with E-state index in [0.29, 0.717) is 26.2 Å². The van der Waals surface area contributed by atoms with Crippen molar-refractivity contribution in [2.24, 2.45) is 0 Å². The molecule has 0 bridgehead atoms. The van der Waals surface area contributed by atoms with E-state index in [4.69, 9.17) is 14.3 Å². The molecule has 112 valence electrons. The molecule has 1 rings (SSSR count). The molecule has 0 aliphatic heterocycles. The van der Waals surface area contributed by atoms with Gasteiger partial charge in [0.05, 0.1) is 19.5 Å². The molecular weight excluding hydrogens is 264 g/mol. The van der Waals surface area contributed by atoms with Crippen molar-refractivity contribution in [3.8, 4) is 0 Å². The lowest BCUT2D eigenvalue weighted by molar-refractivity contribution is -0.122. The van der Waals surface area contributed by atoms with Crippen molar-refractivity contribution in [2.75, 3.05) is 26.4 Å². The van der Waals surface area contributed by atoms with Crippen LogP contribution < -0.4 is 10.6 Å². The van der Waals surface area contributed by atoms with Gasteiger partial charge in [-0.1, -0.05) is 0 Å². The van der Waals surface area contributed by atoms with Crippen LogP contribution in [0.3, 0.4) is 0 Å². The summed E-state index contributed by atoms with van der Waals surface area (Å²) in [5.41, 5.74) is 0. The van der Waals surface area contributed by atoms with Crippen LogP contribution in [0.25, 0.3) is 0 Å². The summed E-state index contributed by atoms with van der Waals surface area (Å²) in [6.45, 7) is 2.80. The SMILES string of the molecule is CC(NC(=O)c1ccco1)C(=O)NCCCOCCO. The summed E-state index contributed by atoms with van der Waals surface area (Å²) in [6.07, 6.45) is 2.04. The van der Waals surface area contributed by atoms with Gasteiger partial charge < -0.3 is 24.9 Å². The lowest BCUT2D eigenvalue weighted by Crippen LogP contribution is -2.45. The number of rotatable bonds is 9. The van der Waals surface area contributed by atoms with Crippen molar-refractivity contribution in [3.05, 3.63) is 24.2 Å². The highest BCUT2D eigenvalue weighted by molar-refractivity contribution is 5.95. The van der Waals surface area contributed by atoms with Gasteiger partial charge in [-0.25, -0.2) is 0 Å². The van der Waals surface area contributed by atoms with Crippen molar-refractivity contribution in [2.45, 2.75) is 19.4 Å². The van der Waals surface area contributed by atoms with Crippen LogP contribution >= 0.6 is 0 Å². The third kappa shape index (κ3) is 5.85. The highest BCUT2D eigenvalue weighted by Crippen LogP contribution is 1.99. The number of hydrogen-bond donors (Lipinski definition) is 3. The Labute approximate surface area is 117 Å². The number of carbonyl (C=O) groups is 2. The minimum Gasteiger partial charge on any atom is -0.459 e. The number of ether oxygens (including phenoxy) is 1. The van der Waals surface area contributed by atoms with E-state index >= 15 is 0 Å². The van der Waals surface area contributed by atoms with Crippen molar-refractivity contribution in [1.29, 1.82) is 0 Å². The molecule has 0 saturated heterocycles. The van der Waals surface area contributed by atoms with E-state index in [0.717, 1.165) is 0 Å². The average molecular weight is 284 g/mol. The zero-order valence-corrected chi connectivity index (χ0v) is 11.4. The van der Waals surface area contributed by atoms with E-state index in [1.54, 1.807) is 13.0 Å². The fourth-order valence-electron chi connectivity index (χ4n) is 1.45. The average Bonchev–Trinajstić information content (AvgIpc) is 2.96. The number of furan rings is 1. The summed E-state index contributed by atoms with van der Waals surface area (Å²) in [4.78, 5) is 23.3. The van der Waals surface area contributed by atoms with Crippen LogP contribution in [0.2, 0.25) is 0 Å². The molecule has 0 radical (unpaired) electrons. The Hall–Kier alpha value is -1.86. The maximum atomic E-state index is 11.7. The topological polar surface area (TPSA) is 101 Å². The van der Waals surface area contributed by atoms with Gasteiger partial charge in [-0.15, -0.1) is 0 Å². The highest BCUT2D eigenvalue weighted by Gasteiger charge is 2.17. The minimum absolute atomic E-state index is 0.0117. The second-order valence-corrected chi connectivity index (χ2v) is 4.15. The minimum atomic E-state index is -0.647. The molecule has 1 heterocycles. The van der Waals surface area contributed by atoms with Gasteiger partial charge in [-0.2, -0.15) is 0 Å². The first kappa shape index (κ1) is 16.2. The van der Waals surface area contributed by atoms with E-state index in [-0.39, 0.29) is 18.3 Å². The van der Waals surface area contributed by atoms with Crippen LogP contribution in [-0.4, -0.2) is 49.3 Å². The van der Waals surface area contributed by atoms with Gasteiger partial charge in [0, 0.05) is 13.2 Å². The summed E-state index contributed by atoms with van der Waals surface area (Å²) in [5, 5.41) is 13.7. The molecule has 20 heavy (non-hydrogen) atoms. The highest BCUT2D eigenvalue weighted by atomic mass is 16.5. The second-order valence-electron chi connectivity index (χ2n) is 4.15. The molecule has 7 heteroatoms. The largest absolute Gasteiger partial charge is 0.459 e. The van der Waals surface area contributed by atoms with Crippen LogP contribution in [-0.2, 0) is 9.53 Å². The molecule has 0 aliphatic rings.